The van der Waals surface area contributed by atoms with E-state index in [9.17, 15) is 0 Å². The summed E-state index contributed by atoms with van der Waals surface area (Å²) in [7, 11) is 0. The van der Waals surface area contributed by atoms with Crippen LogP contribution in [0.2, 0.25) is 0 Å². The number of nitrogens with one attached hydrogen (secondary N) is 1. The van der Waals surface area contributed by atoms with Crippen LogP contribution in [0.5, 0.6) is 0 Å². The number of aromatic nitrogens is 4. The maximum absolute atomic E-state index is 4.67. The molecule has 1 aliphatic rings. The molecule has 2 heterocycles. The maximum atomic E-state index is 4.67. The second kappa shape index (κ2) is 5.99. The van der Waals surface area contributed by atoms with E-state index in [4.69, 9.17) is 0 Å². The van der Waals surface area contributed by atoms with E-state index < -0.39 is 0 Å². The minimum atomic E-state index is 0.428. The Balaban J connectivity index is 1.56. The molecular formula is C18H21N5. The largest absolute Gasteiger partial charge is 0.366 e. The zero-order valence-corrected chi connectivity index (χ0v) is 13.3. The van der Waals surface area contributed by atoms with E-state index in [0.29, 0.717) is 6.04 Å². The molecule has 0 amide bonds. The molecule has 1 saturated carbocycles. The molecule has 1 N–H and O–H groups in total. The van der Waals surface area contributed by atoms with Gasteiger partial charge in [0, 0.05) is 11.6 Å². The summed E-state index contributed by atoms with van der Waals surface area (Å²) in [6.07, 6.45) is 5.34. The molecule has 1 unspecified atom stereocenters. The molecule has 1 aliphatic carbocycles. The summed E-state index contributed by atoms with van der Waals surface area (Å²) in [6.45, 7) is 2.22. The van der Waals surface area contributed by atoms with Gasteiger partial charge < -0.3 is 5.32 Å². The van der Waals surface area contributed by atoms with Crippen LogP contribution in [0.3, 0.4) is 0 Å². The molecule has 0 aliphatic heterocycles. The molecule has 118 valence electrons. The summed E-state index contributed by atoms with van der Waals surface area (Å²) in [5.74, 6) is 2.62. The number of fused-ring (bicyclic) bond motifs is 1. The van der Waals surface area contributed by atoms with E-state index in [0.717, 1.165) is 28.8 Å². The lowest BCUT2D eigenvalue weighted by atomic mass is 10.1. The van der Waals surface area contributed by atoms with Crippen molar-refractivity contribution in [3.63, 3.8) is 0 Å². The van der Waals surface area contributed by atoms with Crippen molar-refractivity contribution in [3.8, 4) is 11.4 Å². The van der Waals surface area contributed by atoms with Crippen LogP contribution < -0.4 is 5.32 Å². The maximum Gasteiger partial charge on any atom is 0.185 e. The number of benzene rings is 1. The van der Waals surface area contributed by atoms with Crippen LogP contribution in [0.4, 0.5) is 5.82 Å². The van der Waals surface area contributed by atoms with Gasteiger partial charge in [0.25, 0.3) is 0 Å². The van der Waals surface area contributed by atoms with Crippen LogP contribution in [0.25, 0.3) is 17.0 Å². The molecule has 1 fully saturated rings. The van der Waals surface area contributed by atoms with Crippen LogP contribution in [-0.2, 0) is 0 Å². The van der Waals surface area contributed by atoms with Gasteiger partial charge in [0.2, 0.25) is 0 Å². The first-order chi connectivity index (χ1) is 11.3. The normalized spacial score (nSPS) is 15.7. The SMILES string of the molecule is CC(CCC1CC1)Nc1ccc2nnc(-c3ccccc3)n2n1. The molecule has 0 spiro atoms. The lowest BCUT2D eigenvalue weighted by Gasteiger charge is -2.14. The first-order valence-corrected chi connectivity index (χ1v) is 8.34. The summed E-state index contributed by atoms with van der Waals surface area (Å²) >= 11 is 0. The zero-order valence-electron chi connectivity index (χ0n) is 13.3. The third kappa shape index (κ3) is 3.18. The molecule has 5 heteroatoms. The fourth-order valence-electron chi connectivity index (χ4n) is 2.85. The fraction of sp³-hybridized carbons (Fsp3) is 0.389. The highest BCUT2D eigenvalue weighted by Crippen LogP contribution is 2.34. The third-order valence-corrected chi connectivity index (χ3v) is 4.39. The average Bonchev–Trinajstić information content (AvgIpc) is 3.32. The van der Waals surface area contributed by atoms with E-state index in [-0.39, 0.29) is 0 Å². The smallest absolute Gasteiger partial charge is 0.185 e. The van der Waals surface area contributed by atoms with Gasteiger partial charge >= 0.3 is 0 Å². The van der Waals surface area contributed by atoms with Crippen molar-refractivity contribution in [1.29, 1.82) is 0 Å². The van der Waals surface area contributed by atoms with Crippen LogP contribution in [0.15, 0.2) is 42.5 Å². The first kappa shape index (κ1) is 14.2. The number of hydrogen-bond acceptors (Lipinski definition) is 4. The summed E-state index contributed by atoms with van der Waals surface area (Å²) < 4.78 is 1.81. The topological polar surface area (TPSA) is 55.1 Å². The number of rotatable bonds is 6. The van der Waals surface area contributed by atoms with E-state index in [2.05, 4.69) is 27.5 Å². The second-order valence-corrected chi connectivity index (χ2v) is 6.44. The highest BCUT2D eigenvalue weighted by atomic mass is 15.4. The quantitative estimate of drug-likeness (QED) is 0.753. The van der Waals surface area contributed by atoms with Crippen LogP contribution in [0.1, 0.15) is 32.6 Å². The summed E-state index contributed by atoms with van der Waals surface area (Å²) in [5.41, 5.74) is 1.78. The second-order valence-electron chi connectivity index (χ2n) is 6.44. The van der Waals surface area contributed by atoms with Crippen molar-refractivity contribution in [3.05, 3.63) is 42.5 Å². The van der Waals surface area contributed by atoms with Crippen LogP contribution in [0, 0.1) is 5.92 Å². The Labute approximate surface area is 135 Å². The van der Waals surface area contributed by atoms with Crippen molar-refractivity contribution in [1.82, 2.24) is 19.8 Å². The molecule has 1 atom stereocenters. The van der Waals surface area contributed by atoms with Crippen molar-refractivity contribution in [2.24, 2.45) is 5.92 Å². The Morgan fingerprint density at radius 1 is 1.13 bits per heavy atom. The van der Waals surface area contributed by atoms with E-state index in [1.165, 1.54) is 25.7 Å². The lowest BCUT2D eigenvalue weighted by molar-refractivity contribution is 0.607. The molecule has 0 radical (unpaired) electrons. The predicted molar refractivity (Wildman–Crippen MR) is 91.3 cm³/mol. The average molecular weight is 307 g/mol. The van der Waals surface area contributed by atoms with Gasteiger partial charge in [-0.15, -0.1) is 15.3 Å². The molecule has 0 bridgehead atoms. The van der Waals surface area contributed by atoms with Gasteiger partial charge in [-0.2, -0.15) is 4.52 Å². The molecule has 1 aromatic carbocycles. The van der Waals surface area contributed by atoms with E-state index in [1.54, 1.807) is 0 Å². The minimum Gasteiger partial charge on any atom is -0.366 e. The highest BCUT2D eigenvalue weighted by Gasteiger charge is 2.21. The van der Waals surface area contributed by atoms with Gasteiger partial charge in [-0.05, 0) is 37.8 Å². The Kier molecular flexibility index (Phi) is 3.69. The Bertz CT molecular complexity index is 792. The Hall–Kier alpha value is -2.43. The van der Waals surface area contributed by atoms with Gasteiger partial charge in [-0.25, -0.2) is 0 Å². The Morgan fingerprint density at radius 3 is 2.74 bits per heavy atom. The summed E-state index contributed by atoms with van der Waals surface area (Å²) in [6, 6.07) is 14.4. The molecule has 2 aromatic heterocycles. The van der Waals surface area contributed by atoms with Crippen LogP contribution >= 0.6 is 0 Å². The van der Waals surface area contributed by atoms with E-state index in [1.807, 2.05) is 47.0 Å². The van der Waals surface area contributed by atoms with Gasteiger partial charge in [-0.1, -0.05) is 43.2 Å². The predicted octanol–water partition coefficient (Wildman–Crippen LogP) is 3.78. The molecule has 0 saturated heterocycles. The number of anilines is 1. The van der Waals surface area contributed by atoms with Gasteiger partial charge in [0.1, 0.15) is 5.82 Å². The highest BCUT2D eigenvalue weighted by molar-refractivity contribution is 5.59. The standard InChI is InChI=1S/C18H21N5/c1-13(7-8-14-9-10-14)19-16-11-12-17-20-21-18(23(17)22-16)15-5-3-2-4-6-15/h2-6,11-14H,7-10H2,1H3,(H,19,22). The van der Waals surface area contributed by atoms with Gasteiger partial charge in [0.15, 0.2) is 11.5 Å². The zero-order chi connectivity index (χ0) is 15.6. The molecule has 5 nitrogen and oxygen atoms in total. The number of hydrogen-bond donors (Lipinski definition) is 1. The van der Waals surface area contributed by atoms with Crippen molar-refractivity contribution >= 4 is 11.5 Å². The van der Waals surface area contributed by atoms with Crippen molar-refractivity contribution in [2.45, 2.75) is 38.6 Å². The first-order valence-electron chi connectivity index (χ1n) is 8.34. The lowest BCUT2D eigenvalue weighted by Crippen LogP contribution is -2.17. The van der Waals surface area contributed by atoms with Crippen molar-refractivity contribution in [2.75, 3.05) is 5.32 Å². The van der Waals surface area contributed by atoms with Gasteiger partial charge in [0.05, 0.1) is 0 Å². The monoisotopic (exact) mass is 307 g/mol. The fourth-order valence-corrected chi connectivity index (χ4v) is 2.85. The summed E-state index contributed by atoms with van der Waals surface area (Å²) in [5, 5.41) is 16.7. The molecule has 23 heavy (non-hydrogen) atoms. The number of nitrogens with zero attached hydrogens (tertiary/aromatic N) is 4. The van der Waals surface area contributed by atoms with Crippen LogP contribution in [-0.4, -0.2) is 25.9 Å². The van der Waals surface area contributed by atoms with Gasteiger partial charge in [-0.3, -0.25) is 0 Å². The molecule has 4 rings (SSSR count). The Morgan fingerprint density at radius 2 is 1.96 bits per heavy atom. The molecular weight excluding hydrogens is 286 g/mol. The minimum absolute atomic E-state index is 0.428. The summed E-state index contributed by atoms with van der Waals surface area (Å²) in [4.78, 5) is 0. The third-order valence-electron chi connectivity index (χ3n) is 4.39. The van der Waals surface area contributed by atoms with E-state index >= 15 is 0 Å². The molecule has 3 aromatic rings. The van der Waals surface area contributed by atoms with Crippen molar-refractivity contribution < 1.29 is 0 Å².